The van der Waals surface area contributed by atoms with Crippen molar-refractivity contribution in [2.24, 2.45) is 0 Å². The highest BCUT2D eigenvalue weighted by Crippen LogP contribution is 2.32. The number of aromatic amines is 1. The summed E-state index contributed by atoms with van der Waals surface area (Å²) in [5.74, 6) is 1.23. The van der Waals surface area contributed by atoms with Gasteiger partial charge in [-0.1, -0.05) is 41.1 Å². The molecular formula is C23H22N4O2. The van der Waals surface area contributed by atoms with Crippen molar-refractivity contribution in [2.75, 3.05) is 11.4 Å². The minimum absolute atomic E-state index is 0.0522. The topological polar surface area (TPSA) is 75.0 Å². The van der Waals surface area contributed by atoms with Gasteiger partial charge in [-0.15, -0.1) is 0 Å². The van der Waals surface area contributed by atoms with Crippen LogP contribution in [0.2, 0.25) is 0 Å². The number of carbonyl (C=O) groups is 1. The third kappa shape index (κ3) is 3.20. The van der Waals surface area contributed by atoms with Crippen LogP contribution in [0.4, 0.5) is 5.69 Å². The summed E-state index contributed by atoms with van der Waals surface area (Å²) in [6.45, 7) is 4.67. The molecular weight excluding hydrogens is 364 g/mol. The van der Waals surface area contributed by atoms with Gasteiger partial charge in [-0.25, -0.2) is 0 Å². The Kier molecular flexibility index (Phi) is 4.19. The number of nitrogens with one attached hydrogen (secondary N) is 1. The van der Waals surface area contributed by atoms with E-state index in [0.717, 1.165) is 27.7 Å². The van der Waals surface area contributed by atoms with Gasteiger partial charge in [-0.3, -0.25) is 4.79 Å². The first-order valence-electron chi connectivity index (χ1n) is 9.83. The molecule has 0 radical (unpaired) electrons. The highest BCUT2D eigenvalue weighted by Gasteiger charge is 2.35. The van der Waals surface area contributed by atoms with Crippen molar-refractivity contribution < 1.29 is 9.32 Å². The Morgan fingerprint density at radius 3 is 2.93 bits per heavy atom. The SMILES string of the molecule is Cc1ccc(N2CC(c3noc(Cc4c[nH]c5ccccc45)n3)CC2=O)c(C)c1. The minimum atomic E-state index is -0.0522. The first-order valence-corrected chi connectivity index (χ1v) is 9.83. The zero-order chi connectivity index (χ0) is 20.0. The lowest BCUT2D eigenvalue weighted by Gasteiger charge is -2.19. The lowest BCUT2D eigenvalue weighted by Crippen LogP contribution is -2.25. The van der Waals surface area contributed by atoms with E-state index in [4.69, 9.17) is 4.52 Å². The Labute approximate surface area is 168 Å². The fraction of sp³-hybridized carbons (Fsp3) is 0.261. The van der Waals surface area contributed by atoms with Crippen LogP contribution in [0.5, 0.6) is 0 Å². The van der Waals surface area contributed by atoms with Gasteiger partial charge < -0.3 is 14.4 Å². The van der Waals surface area contributed by atoms with Crippen molar-refractivity contribution in [2.45, 2.75) is 32.6 Å². The van der Waals surface area contributed by atoms with E-state index in [2.05, 4.69) is 34.2 Å². The molecule has 1 N–H and O–H groups in total. The number of rotatable bonds is 4. The highest BCUT2D eigenvalue weighted by molar-refractivity contribution is 5.97. The van der Waals surface area contributed by atoms with Crippen LogP contribution in [0.25, 0.3) is 10.9 Å². The van der Waals surface area contributed by atoms with Crippen LogP contribution in [0.3, 0.4) is 0 Å². The van der Waals surface area contributed by atoms with Gasteiger partial charge in [0.2, 0.25) is 11.8 Å². The molecule has 1 saturated heterocycles. The standard InChI is InChI=1S/C23H22N4O2/c1-14-7-8-20(15(2)9-14)27-13-17(11-22(27)28)23-25-21(29-26-23)10-16-12-24-19-6-4-3-5-18(16)19/h3-9,12,17,24H,10-11,13H2,1-2H3. The van der Waals surface area contributed by atoms with Crippen molar-refractivity contribution in [3.63, 3.8) is 0 Å². The molecule has 0 spiro atoms. The van der Waals surface area contributed by atoms with E-state index < -0.39 is 0 Å². The van der Waals surface area contributed by atoms with Crippen LogP contribution in [-0.4, -0.2) is 27.6 Å². The maximum atomic E-state index is 12.6. The van der Waals surface area contributed by atoms with Gasteiger partial charge >= 0.3 is 0 Å². The van der Waals surface area contributed by atoms with E-state index in [1.807, 2.05) is 48.4 Å². The summed E-state index contributed by atoms with van der Waals surface area (Å²) in [6, 6.07) is 14.3. The molecule has 1 aliphatic heterocycles. The van der Waals surface area contributed by atoms with Gasteiger partial charge in [0.05, 0.1) is 6.42 Å². The maximum Gasteiger partial charge on any atom is 0.231 e. The molecule has 1 amide bonds. The lowest BCUT2D eigenvalue weighted by molar-refractivity contribution is -0.117. The molecule has 2 aromatic carbocycles. The minimum Gasteiger partial charge on any atom is -0.361 e. The van der Waals surface area contributed by atoms with E-state index in [1.54, 1.807) is 0 Å². The van der Waals surface area contributed by atoms with Crippen molar-refractivity contribution in [3.05, 3.63) is 77.1 Å². The van der Waals surface area contributed by atoms with Gasteiger partial charge in [-0.05, 0) is 37.1 Å². The molecule has 1 fully saturated rings. The van der Waals surface area contributed by atoms with E-state index in [9.17, 15) is 4.79 Å². The molecule has 5 rings (SSSR count). The number of hydrogen-bond donors (Lipinski definition) is 1. The first-order chi connectivity index (χ1) is 14.1. The summed E-state index contributed by atoms with van der Waals surface area (Å²) < 4.78 is 5.51. The summed E-state index contributed by atoms with van der Waals surface area (Å²) in [7, 11) is 0. The number of para-hydroxylation sites is 1. The molecule has 4 aromatic rings. The number of anilines is 1. The summed E-state index contributed by atoms with van der Waals surface area (Å²) in [4.78, 5) is 22.4. The first kappa shape index (κ1) is 17.7. The second-order valence-corrected chi connectivity index (χ2v) is 7.78. The van der Waals surface area contributed by atoms with Gasteiger partial charge in [0.25, 0.3) is 0 Å². The molecule has 6 heteroatoms. The number of carbonyl (C=O) groups excluding carboxylic acids is 1. The predicted octanol–water partition coefficient (Wildman–Crippen LogP) is 4.28. The van der Waals surface area contributed by atoms with E-state index in [1.165, 1.54) is 5.56 Å². The Morgan fingerprint density at radius 1 is 1.21 bits per heavy atom. The molecule has 0 saturated carbocycles. The second kappa shape index (κ2) is 6.88. The van der Waals surface area contributed by atoms with Crippen molar-refractivity contribution >= 4 is 22.5 Å². The average Bonchev–Trinajstić information content (AvgIpc) is 3.42. The number of aryl methyl sites for hydroxylation is 2. The smallest absolute Gasteiger partial charge is 0.231 e. The van der Waals surface area contributed by atoms with Crippen molar-refractivity contribution in [1.82, 2.24) is 15.1 Å². The lowest BCUT2D eigenvalue weighted by atomic mass is 10.1. The van der Waals surface area contributed by atoms with Gasteiger partial charge in [0, 0.05) is 41.7 Å². The van der Waals surface area contributed by atoms with Crippen LogP contribution in [0.1, 0.15) is 40.7 Å². The highest BCUT2D eigenvalue weighted by atomic mass is 16.5. The fourth-order valence-corrected chi connectivity index (χ4v) is 4.17. The summed E-state index contributed by atoms with van der Waals surface area (Å²) in [5.41, 5.74) is 5.47. The molecule has 1 unspecified atom stereocenters. The zero-order valence-corrected chi connectivity index (χ0v) is 16.5. The fourth-order valence-electron chi connectivity index (χ4n) is 4.17. The van der Waals surface area contributed by atoms with Crippen LogP contribution >= 0.6 is 0 Å². The molecule has 0 bridgehead atoms. The summed E-state index contributed by atoms with van der Waals surface area (Å²) >= 11 is 0. The quantitative estimate of drug-likeness (QED) is 0.568. The molecule has 1 aliphatic rings. The van der Waals surface area contributed by atoms with E-state index in [-0.39, 0.29) is 11.8 Å². The number of nitrogens with zero attached hydrogens (tertiary/aromatic N) is 3. The number of hydrogen-bond acceptors (Lipinski definition) is 4. The third-order valence-electron chi connectivity index (χ3n) is 5.63. The molecule has 1 atom stereocenters. The van der Waals surface area contributed by atoms with E-state index >= 15 is 0 Å². The van der Waals surface area contributed by atoms with Crippen LogP contribution in [0, 0.1) is 13.8 Å². The van der Waals surface area contributed by atoms with Crippen LogP contribution in [0.15, 0.2) is 53.2 Å². The van der Waals surface area contributed by atoms with Crippen LogP contribution in [-0.2, 0) is 11.2 Å². The predicted molar refractivity (Wildman–Crippen MR) is 111 cm³/mol. The van der Waals surface area contributed by atoms with Crippen molar-refractivity contribution in [1.29, 1.82) is 0 Å². The van der Waals surface area contributed by atoms with Crippen LogP contribution < -0.4 is 4.90 Å². The molecule has 3 heterocycles. The molecule has 6 nitrogen and oxygen atoms in total. The largest absolute Gasteiger partial charge is 0.361 e. The third-order valence-corrected chi connectivity index (χ3v) is 5.63. The Morgan fingerprint density at radius 2 is 2.07 bits per heavy atom. The Bertz CT molecular complexity index is 1210. The molecule has 29 heavy (non-hydrogen) atoms. The van der Waals surface area contributed by atoms with Crippen molar-refractivity contribution in [3.8, 4) is 0 Å². The summed E-state index contributed by atoms with van der Waals surface area (Å²) in [6.07, 6.45) is 2.95. The van der Waals surface area contributed by atoms with Gasteiger partial charge in [0.15, 0.2) is 5.82 Å². The summed E-state index contributed by atoms with van der Waals surface area (Å²) in [5, 5.41) is 5.34. The van der Waals surface area contributed by atoms with E-state index in [0.29, 0.717) is 31.1 Å². The Hall–Kier alpha value is -3.41. The number of aromatic nitrogens is 3. The maximum absolute atomic E-state index is 12.6. The monoisotopic (exact) mass is 386 g/mol. The number of benzene rings is 2. The number of H-pyrrole nitrogens is 1. The zero-order valence-electron chi connectivity index (χ0n) is 16.5. The second-order valence-electron chi connectivity index (χ2n) is 7.78. The van der Waals surface area contributed by atoms with Gasteiger partial charge in [-0.2, -0.15) is 4.98 Å². The number of amides is 1. The average molecular weight is 386 g/mol. The Balaban J connectivity index is 1.35. The molecule has 146 valence electrons. The number of fused-ring (bicyclic) bond motifs is 1. The van der Waals surface area contributed by atoms with Gasteiger partial charge in [0.1, 0.15) is 0 Å². The normalized spacial score (nSPS) is 16.8. The molecule has 0 aliphatic carbocycles. The molecule has 2 aromatic heterocycles.